The molecule has 1 saturated heterocycles. The van der Waals surface area contributed by atoms with Crippen LogP contribution < -0.4 is 9.47 Å². The second-order valence-corrected chi connectivity index (χ2v) is 7.39. The van der Waals surface area contributed by atoms with Crippen LogP contribution in [0.15, 0.2) is 24.3 Å². The first-order valence-electron chi connectivity index (χ1n) is 9.26. The van der Waals surface area contributed by atoms with E-state index in [0.29, 0.717) is 6.04 Å². The second-order valence-electron chi connectivity index (χ2n) is 7.39. The van der Waals surface area contributed by atoms with Gasteiger partial charge in [-0.25, -0.2) is 0 Å². The van der Waals surface area contributed by atoms with E-state index >= 15 is 0 Å². The fourth-order valence-electron chi connectivity index (χ4n) is 3.66. The molecule has 1 aliphatic carbocycles. The van der Waals surface area contributed by atoms with Crippen molar-refractivity contribution in [2.75, 3.05) is 33.5 Å². The van der Waals surface area contributed by atoms with Gasteiger partial charge >= 0.3 is 0 Å². The van der Waals surface area contributed by atoms with Crippen LogP contribution in [0.1, 0.15) is 31.2 Å². The first kappa shape index (κ1) is 16.5. The lowest BCUT2D eigenvalue weighted by Gasteiger charge is -2.37. The summed E-state index contributed by atoms with van der Waals surface area (Å²) >= 11 is 0. The smallest absolute Gasteiger partial charge is 0.246 e. The zero-order valence-electron chi connectivity index (χ0n) is 14.8. The third-order valence-electron chi connectivity index (χ3n) is 5.40. The summed E-state index contributed by atoms with van der Waals surface area (Å²) in [6.45, 7) is 3.67. The fourth-order valence-corrected chi connectivity index (χ4v) is 3.66. The number of hydrogen-bond donors (Lipinski definition) is 0. The average molecular weight is 342 g/mol. The Balaban J connectivity index is 1.34. The van der Waals surface area contributed by atoms with E-state index in [1.165, 1.54) is 32.4 Å². The van der Waals surface area contributed by atoms with Gasteiger partial charge in [-0.15, -0.1) is 0 Å². The van der Waals surface area contributed by atoms with Crippen LogP contribution in [-0.4, -0.2) is 55.2 Å². The lowest BCUT2D eigenvalue weighted by Crippen LogP contribution is -2.48. The molecule has 0 N–H and O–H groups in total. The molecule has 5 heteroatoms. The van der Waals surface area contributed by atoms with Gasteiger partial charge in [-0.1, -0.05) is 6.07 Å². The molecule has 134 valence electrons. The van der Waals surface area contributed by atoms with Crippen LogP contribution >= 0.6 is 0 Å². The number of amides is 1. The van der Waals surface area contributed by atoms with Crippen LogP contribution in [0.2, 0.25) is 0 Å². The summed E-state index contributed by atoms with van der Waals surface area (Å²) in [5.74, 6) is 2.48. The van der Waals surface area contributed by atoms with Gasteiger partial charge in [0, 0.05) is 32.3 Å². The Morgan fingerprint density at radius 1 is 1.28 bits per heavy atom. The number of nitrogens with zero attached hydrogens (tertiary/aromatic N) is 2. The standard InChI is InChI=1S/C20H26N2O3/c1-21(17-3-2-10-22(13-17)12-16-4-5-16)20(23)9-7-15-6-8-18-19(11-15)25-14-24-18/h6-9,11,16-17H,2-5,10,12-14H2,1H3/b9-7+. The summed E-state index contributed by atoms with van der Waals surface area (Å²) in [4.78, 5) is 17.0. The number of benzene rings is 1. The van der Waals surface area contributed by atoms with Crippen LogP contribution in [0, 0.1) is 5.92 Å². The second kappa shape index (κ2) is 7.08. The molecule has 1 saturated carbocycles. The molecule has 25 heavy (non-hydrogen) atoms. The molecule has 2 fully saturated rings. The minimum absolute atomic E-state index is 0.0657. The zero-order valence-corrected chi connectivity index (χ0v) is 14.8. The summed E-state index contributed by atoms with van der Waals surface area (Å²) in [6.07, 6.45) is 8.56. The highest BCUT2D eigenvalue weighted by Gasteiger charge is 2.29. The van der Waals surface area contributed by atoms with Gasteiger partial charge in [0.15, 0.2) is 11.5 Å². The van der Waals surface area contributed by atoms with Gasteiger partial charge in [0.1, 0.15) is 0 Å². The Morgan fingerprint density at radius 3 is 2.96 bits per heavy atom. The molecule has 0 spiro atoms. The molecule has 5 nitrogen and oxygen atoms in total. The van der Waals surface area contributed by atoms with Gasteiger partial charge in [-0.3, -0.25) is 4.79 Å². The Hall–Kier alpha value is -2.01. The van der Waals surface area contributed by atoms with Gasteiger partial charge in [0.05, 0.1) is 0 Å². The van der Waals surface area contributed by atoms with Crippen LogP contribution in [0.4, 0.5) is 0 Å². The Morgan fingerprint density at radius 2 is 2.12 bits per heavy atom. The molecule has 0 bridgehead atoms. The number of likely N-dealkylation sites (tertiary alicyclic amines) is 1. The predicted molar refractivity (Wildman–Crippen MR) is 96.6 cm³/mol. The quantitative estimate of drug-likeness (QED) is 0.772. The summed E-state index contributed by atoms with van der Waals surface area (Å²) < 4.78 is 10.7. The van der Waals surface area contributed by atoms with Crippen molar-refractivity contribution in [3.8, 4) is 11.5 Å². The maximum atomic E-state index is 12.6. The monoisotopic (exact) mass is 342 g/mol. The summed E-state index contributed by atoms with van der Waals surface area (Å²) in [6, 6.07) is 6.05. The molecule has 4 rings (SSSR count). The number of fused-ring (bicyclic) bond motifs is 1. The van der Waals surface area contributed by atoms with Gasteiger partial charge < -0.3 is 19.3 Å². The highest BCUT2D eigenvalue weighted by atomic mass is 16.7. The zero-order chi connectivity index (χ0) is 17.2. The van der Waals surface area contributed by atoms with Crippen molar-refractivity contribution in [3.05, 3.63) is 29.8 Å². The number of piperidine rings is 1. The van der Waals surface area contributed by atoms with Gasteiger partial charge in [-0.2, -0.15) is 0 Å². The van der Waals surface area contributed by atoms with Crippen LogP contribution in [0.5, 0.6) is 11.5 Å². The van der Waals surface area contributed by atoms with E-state index in [9.17, 15) is 4.79 Å². The SMILES string of the molecule is CN(C(=O)/C=C/c1ccc2c(c1)OCO2)C1CCCN(CC2CC2)C1. The lowest BCUT2D eigenvalue weighted by atomic mass is 10.0. The summed E-state index contributed by atoms with van der Waals surface area (Å²) in [5.41, 5.74) is 0.949. The normalized spacial score (nSPS) is 23.2. The minimum atomic E-state index is 0.0657. The van der Waals surface area contributed by atoms with E-state index in [0.717, 1.165) is 35.9 Å². The highest BCUT2D eigenvalue weighted by Crippen LogP contribution is 2.33. The van der Waals surface area contributed by atoms with Gasteiger partial charge in [0.25, 0.3) is 0 Å². The molecule has 1 aromatic rings. The fraction of sp³-hybridized carbons (Fsp3) is 0.550. The Labute approximate surface area is 149 Å². The molecule has 1 unspecified atom stereocenters. The van der Waals surface area contributed by atoms with E-state index in [-0.39, 0.29) is 12.7 Å². The number of rotatable bonds is 5. The molecular weight excluding hydrogens is 316 g/mol. The average Bonchev–Trinajstić information content (AvgIpc) is 3.32. The first-order chi connectivity index (χ1) is 12.2. The van der Waals surface area contributed by atoms with Crippen LogP contribution in [0.3, 0.4) is 0 Å². The minimum Gasteiger partial charge on any atom is -0.454 e. The summed E-state index contributed by atoms with van der Waals surface area (Å²) in [7, 11) is 1.93. The molecule has 1 aromatic carbocycles. The van der Waals surface area contributed by atoms with E-state index in [1.54, 1.807) is 6.08 Å². The van der Waals surface area contributed by atoms with E-state index in [4.69, 9.17) is 9.47 Å². The van der Waals surface area contributed by atoms with Crippen molar-refractivity contribution < 1.29 is 14.3 Å². The Bertz CT molecular complexity index is 669. The molecule has 0 aromatic heterocycles. The van der Waals surface area contributed by atoms with Gasteiger partial charge in [-0.05, 0) is 61.9 Å². The van der Waals surface area contributed by atoms with Crippen molar-refractivity contribution >= 4 is 12.0 Å². The molecule has 1 atom stereocenters. The molecule has 1 amide bonds. The maximum Gasteiger partial charge on any atom is 0.246 e. The van der Waals surface area contributed by atoms with Crippen molar-refractivity contribution in [2.24, 2.45) is 5.92 Å². The summed E-state index contributed by atoms with van der Waals surface area (Å²) in [5, 5.41) is 0. The number of ether oxygens (including phenoxy) is 2. The Kier molecular flexibility index (Phi) is 4.66. The van der Waals surface area contributed by atoms with E-state index in [1.807, 2.05) is 36.2 Å². The number of carbonyl (C=O) groups is 1. The molecular formula is C20H26N2O3. The van der Waals surface area contributed by atoms with Crippen molar-refractivity contribution in [1.82, 2.24) is 9.80 Å². The number of hydrogen-bond acceptors (Lipinski definition) is 4. The number of likely N-dealkylation sites (N-methyl/N-ethyl adjacent to an activating group) is 1. The third-order valence-corrected chi connectivity index (χ3v) is 5.40. The molecule has 3 aliphatic rings. The predicted octanol–water partition coefficient (Wildman–Crippen LogP) is 2.76. The van der Waals surface area contributed by atoms with E-state index in [2.05, 4.69) is 4.90 Å². The third kappa shape index (κ3) is 3.98. The van der Waals surface area contributed by atoms with Crippen LogP contribution in [-0.2, 0) is 4.79 Å². The van der Waals surface area contributed by atoms with Crippen molar-refractivity contribution in [1.29, 1.82) is 0 Å². The van der Waals surface area contributed by atoms with E-state index < -0.39 is 0 Å². The topological polar surface area (TPSA) is 42.0 Å². The van der Waals surface area contributed by atoms with Gasteiger partial charge in [0.2, 0.25) is 12.7 Å². The van der Waals surface area contributed by atoms with Crippen LogP contribution in [0.25, 0.3) is 6.08 Å². The van der Waals surface area contributed by atoms with Crippen molar-refractivity contribution in [3.63, 3.8) is 0 Å². The largest absolute Gasteiger partial charge is 0.454 e. The number of carbonyl (C=O) groups excluding carboxylic acids is 1. The molecule has 2 heterocycles. The first-order valence-corrected chi connectivity index (χ1v) is 9.26. The molecule has 0 radical (unpaired) electrons. The molecule has 2 aliphatic heterocycles. The highest BCUT2D eigenvalue weighted by molar-refractivity contribution is 5.92. The maximum absolute atomic E-state index is 12.6. The lowest BCUT2D eigenvalue weighted by molar-refractivity contribution is -0.127. The van der Waals surface area contributed by atoms with Crippen molar-refractivity contribution in [2.45, 2.75) is 31.7 Å².